The van der Waals surface area contributed by atoms with Crippen molar-refractivity contribution in [3.63, 3.8) is 0 Å². The summed E-state index contributed by atoms with van der Waals surface area (Å²) in [6.07, 6.45) is 1.64. The number of phenols is 1. The monoisotopic (exact) mass is 504 g/mol. The molecule has 0 aliphatic carbocycles. The maximum absolute atomic E-state index is 13.4. The van der Waals surface area contributed by atoms with Crippen LogP contribution in [0.1, 0.15) is 30.3 Å². The Bertz CT molecular complexity index is 1340. The third-order valence-corrected chi connectivity index (χ3v) is 7.01. The molecular weight excluding hydrogens is 488 g/mol. The van der Waals surface area contributed by atoms with Gasteiger partial charge < -0.3 is 9.84 Å². The zero-order valence-corrected chi connectivity index (χ0v) is 19.3. The van der Waals surface area contributed by atoms with Gasteiger partial charge in [-0.15, -0.1) is 11.3 Å². The number of hydrogen-bond donors (Lipinski definition) is 1. The van der Waals surface area contributed by atoms with E-state index in [1.807, 2.05) is 17.5 Å². The number of benzene rings is 1. The Labute approximate surface area is 188 Å². The summed E-state index contributed by atoms with van der Waals surface area (Å²) in [7, 11) is 0. The fraction of sp³-hybridized carbons (Fsp3) is 0.190. The predicted molar refractivity (Wildman–Crippen MR) is 121 cm³/mol. The van der Waals surface area contributed by atoms with Crippen LogP contribution < -0.4 is 14.9 Å². The van der Waals surface area contributed by atoms with Gasteiger partial charge in [-0.25, -0.2) is 9.79 Å². The number of rotatable bonds is 4. The average Bonchev–Trinajstić information content (AvgIpc) is 3.33. The number of ether oxygens (including phenoxy) is 1. The van der Waals surface area contributed by atoms with E-state index in [1.54, 1.807) is 38.1 Å². The second kappa shape index (κ2) is 8.33. The first kappa shape index (κ1) is 20.8. The van der Waals surface area contributed by atoms with E-state index >= 15 is 0 Å². The van der Waals surface area contributed by atoms with Crippen LogP contribution in [0, 0.1) is 0 Å². The number of allylic oxidation sites excluding steroid dienone is 1. The SMILES string of the molecule is CCOC(=O)C1=C(C)N=c2s/c(=C/c3cc(Br)ccc3O)c(=O)n2[C@H]1c1cccs1. The van der Waals surface area contributed by atoms with Gasteiger partial charge in [0, 0.05) is 14.9 Å². The number of aromatic hydroxyl groups is 1. The highest BCUT2D eigenvalue weighted by Gasteiger charge is 2.33. The molecule has 6 nitrogen and oxygen atoms in total. The summed E-state index contributed by atoms with van der Waals surface area (Å²) in [4.78, 5) is 32.0. The van der Waals surface area contributed by atoms with Gasteiger partial charge in [0.15, 0.2) is 4.80 Å². The highest BCUT2D eigenvalue weighted by Crippen LogP contribution is 2.33. The maximum Gasteiger partial charge on any atom is 0.338 e. The highest BCUT2D eigenvalue weighted by atomic mass is 79.9. The van der Waals surface area contributed by atoms with Gasteiger partial charge in [0.05, 0.1) is 22.4 Å². The lowest BCUT2D eigenvalue weighted by atomic mass is 10.0. The lowest BCUT2D eigenvalue weighted by Crippen LogP contribution is -2.39. The van der Waals surface area contributed by atoms with Gasteiger partial charge in [0.25, 0.3) is 5.56 Å². The van der Waals surface area contributed by atoms with Crippen LogP contribution in [-0.2, 0) is 9.53 Å². The Hall–Kier alpha value is -2.49. The van der Waals surface area contributed by atoms with E-state index in [0.717, 1.165) is 9.35 Å². The van der Waals surface area contributed by atoms with Crippen molar-refractivity contribution < 1.29 is 14.6 Å². The van der Waals surface area contributed by atoms with Crippen LogP contribution in [0.2, 0.25) is 0 Å². The lowest BCUT2D eigenvalue weighted by molar-refractivity contribution is -0.139. The van der Waals surface area contributed by atoms with E-state index in [2.05, 4.69) is 20.9 Å². The minimum absolute atomic E-state index is 0.0715. The minimum atomic E-state index is -0.599. The number of fused-ring (bicyclic) bond motifs is 1. The number of carbonyl (C=O) groups is 1. The molecule has 3 aromatic rings. The number of carbonyl (C=O) groups excluding carboxylic acids is 1. The normalized spacial score (nSPS) is 16.4. The van der Waals surface area contributed by atoms with Crippen LogP contribution in [0.15, 0.2) is 61.2 Å². The van der Waals surface area contributed by atoms with Gasteiger partial charge in [0.1, 0.15) is 11.8 Å². The molecule has 30 heavy (non-hydrogen) atoms. The second-order valence-corrected chi connectivity index (χ2v) is 9.42. The highest BCUT2D eigenvalue weighted by molar-refractivity contribution is 9.10. The maximum atomic E-state index is 13.4. The standard InChI is InChI=1S/C21H17BrN2O4S2/c1-3-28-20(27)17-11(2)23-21-24(18(17)15-5-4-8-29-15)19(26)16(30-21)10-12-9-13(22)6-7-14(12)25/h4-10,18,25H,3H2,1-2H3/b16-10+/t18-/m0/s1. The minimum Gasteiger partial charge on any atom is -0.507 e. The molecule has 0 spiro atoms. The number of halogens is 1. The fourth-order valence-electron chi connectivity index (χ4n) is 3.29. The largest absolute Gasteiger partial charge is 0.507 e. The number of hydrogen-bond acceptors (Lipinski definition) is 7. The molecular formula is C21H17BrN2O4S2. The summed E-state index contributed by atoms with van der Waals surface area (Å²) in [5.41, 5.74) is 1.14. The van der Waals surface area contributed by atoms with Gasteiger partial charge in [-0.1, -0.05) is 33.3 Å². The number of thiazole rings is 1. The first-order valence-corrected chi connectivity index (χ1v) is 11.6. The molecule has 154 valence electrons. The number of nitrogens with zero attached hydrogens (tertiary/aromatic N) is 2. The number of esters is 1. The summed E-state index contributed by atoms with van der Waals surface area (Å²) in [6, 6.07) is 8.20. The Kier molecular flexibility index (Phi) is 5.77. The van der Waals surface area contributed by atoms with Crippen molar-refractivity contribution >= 4 is 50.6 Å². The summed E-state index contributed by atoms with van der Waals surface area (Å²) >= 11 is 6.07. The van der Waals surface area contributed by atoms with E-state index < -0.39 is 12.0 Å². The topological polar surface area (TPSA) is 80.9 Å². The van der Waals surface area contributed by atoms with Gasteiger partial charge in [-0.2, -0.15) is 0 Å². The van der Waals surface area contributed by atoms with E-state index in [9.17, 15) is 14.7 Å². The van der Waals surface area contributed by atoms with E-state index in [-0.39, 0.29) is 17.9 Å². The van der Waals surface area contributed by atoms with E-state index in [4.69, 9.17) is 4.74 Å². The smallest absolute Gasteiger partial charge is 0.338 e. The quantitative estimate of drug-likeness (QED) is 0.552. The van der Waals surface area contributed by atoms with Gasteiger partial charge >= 0.3 is 5.97 Å². The van der Waals surface area contributed by atoms with Crippen LogP contribution >= 0.6 is 38.6 Å². The first-order valence-electron chi connectivity index (χ1n) is 9.12. The molecule has 1 aliphatic rings. The average molecular weight is 505 g/mol. The van der Waals surface area contributed by atoms with Crippen molar-refractivity contribution in [1.29, 1.82) is 0 Å². The van der Waals surface area contributed by atoms with Crippen molar-refractivity contribution in [3.8, 4) is 5.75 Å². The molecule has 1 aromatic carbocycles. The fourth-order valence-corrected chi connectivity index (χ4v) is 5.53. The Morgan fingerprint density at radius 3 is 2.90 bits per heavy atom. The van der Waals surface area contributed by atoms with Crippen molar-refractivity contribution in [3.05, 3.63) is 81.6 Å². The molecule has 1 atom stereocenters. The van der Waals surface area contributed by atoms with Crippen molar-refractivity contribution in [2.75, 3.05) is 6.61 Å². The molecule has 1 N–H and O–H groups in total. The molecule has 0 fully saturated rings. The van der Waals surface area contributed by atoms with Gasteiger partial charge in [-0.05, 0) is 49.6 Å². The van der Waals surface area contributed by atoms with Crippen LogP contribution in [0.4, 0.5) is 0 Å². The van der Waals surface area contributed by atoms with Crippen LogP contribution in [-0.4, -0.2) is 22.2 Å². The van der Waals surface area contributed by atoms with E-state index in [1.165, 1.54) is 27.2 Å². The van der Waals surface area contributed by atoms with E-state index in [0.29, 0.717) is 26.2 Å². The third-order valence-electron chi connectivity index (χ3n) is 4.61. The van der Waals surface area contributed by atoms with Crippen molar-refractivity contribution in [2.24, 2.45) is 4.99 Å². The summed E-state index contributed by atoms with van der Waals surface area (Å²) in [6.45, 7) is 3.73. The molecule has 3 heterocycles. The molecule has 0 radical (unpaired) electrons. The second-order valence-electron chi connectivity index (χ2n) is 6.52. The summed E-state index contributed by atoms with van der Waals surface area (Å²) in [5.74, 6) is -0.404. The molecule has 0 amide bonds. The van der Waals surface area contributed by atoms with Crippen molar-refractivity contribution in [2.45, 2.75) is 19.9 Å². The number of thiophene rings is 1. The Morgan fingerprint density at radius 2 is 2.20 bits per heavy atom. The third kappa shape index (κ3) is 3.68. The molecule has 0 bridgehead atoms. The van der Waals surface area contributed by atoms with Crippen molar-refractivity contribution in [1.82, 2.24) is 4.57 Å². The molecule has 2 aromatic heterocycles. The predicted octanol–water partition coefficient (Wildman–Crippen LogP) is 3.33. The van der Waals surface area contributed by atoms with Crippen LogP contribution in [0.3, 0.4) is 0 Å². The number of aromatic nitrogens is 1. The van der Waals surface area contributed by atoms with Crippen LogP contribution in [0.5, 0.6) is 5.75 Å². The Balaban J connectivity index is 1.96. The first-order chi connectivity index (χ1) is 14.4. The molecule has 4 rings (SSSR count). The molecule has 1 aliphatic heterocycles. The number of phenolic OH excluding ortho intramolecular Hbond substituents is 1. The zero-order valence-electron chi connectivity index (χ0n) is 16.1. The summed E-state index contributed by atoms with van der Waals surface area (Å²) < 4.78 is 8.00. The molecule has 9 heteroatoms. The van der Waals surface area contributed by atoms with Gasteiger partial charge in [0.2, 0.25) is 0 Å². The Morgan fingerprint density at radius 1 is 1.40 bits per heavy atom. The lowest BCUT2D eigenvalue weighted by Gasteiger charge is -2.23. The molecule has 0 saturated heterocycles. The van der Waals surface area contributed by atoms with Gasteiger partial charge in [-0.3, -0.25) is 9.36 Å². The molecule has 0 unspecified atom stereocenters. The summed E-state index contributed by atoms with van der Waals surface area (Å²) in [5, 5.41) is 12.1. The van der Waals surface area contributed by atoms with Crippen LogP contribution in [0.25, 0.3) is 6.08 Å². The molecule has 0 saturated carbocycles. The zero-order chi connectivity index (χ0) is 21.4.